The molecule has 0 aliphatic carbocycles. The predicted molar refractivity (Wildman–Crippen MR) is 68.9 cm³/mol. The average molecular weight is 231 g/mol. The minimum atomic E-state index is 0.369. The van der Waals surface area contributed by atoms with Gasteiger partial charge in [-0.1, -0.05) is 6.92 Å². The molecule has 0 heterocycles. The summed E-state index contributed by atoms with van der Waals surface area (Å²) in [4.78, 5) is 0. The van der Waals surface area contributed by atoms with Crippen molar-refractivity contribution in [3.63, 3.8) is 0 Å². The van der Waals surface area contributed by atoms with Gasteiger partial charge in [-0.05, 0) is 45.6 Å². The van der Waals surface area contributed by atoms with Gasteiger partial charge >= 0.3 is 0 Å². The van der Waals surface area contributed by atoms with E-state index < -0.39 is 0 Å². The summed E-state index contributed by atoms with van der Waals surface area (Å²) in [6, 6.07) is 0.618. The second-order valence-corrected chi connectivity index (χ2v) is 4.41. The molecule has 3 nitrogen and oxygen atoms in total. The van der Waals surface area contributed by atoms with E-state index in [9.17, 15) is 0 Å². The highest BCUT2D eigenvalue weighted by Crippen LogP contribution is 2.09. The highest BCUT2D eigenvalue weighted by atomic mass is 16.5. The van der Waals surface area contributed by atoms with E-state index in [1.165, 1.54) is 19.3 Å². The first kappa shape index (κ1) is 15.9. The summed E-state index contributed by atoms with van der Waals surface area (Å²) in [5.74, 6) is 0. The summed E-state index contributed by atoms with van der Waals surface area (Å²) in [6.07, 6.45) is 6.22. The van der Waals surface area contributed by atoms with E-state index in [2.05, 4.69) is 19.2 Å². The Kier molecular flexibility index (Phi) is 11.3. The van der Waals surface area contributed by atoms with Crippen molar-refractivity contribution in [1.29, 1.82) is 0 Å². The molecule has 0 amide bonds. The van der Waals surface area contributed by atoms with Gasteiger partial charge in [-0.2, -0.15) is 0 Å². The maximum Gasteiger partial charge on any atom is 0.0543 e. The van der Waals surface area contributed by atoms with Gasteiger partial charge in [0, 0.05) is 26.9 Å². The third-order valence-electron chi connectivity index (χ3n) is 2.91. The Balaban J connectivity index is 3.70. The van der Waals surface area contributed by atoms with Crippen LogP contribution < -0.4 is 5.32 Å². The van der Waals surface area contributed by atoms with E-state index in [4.69, 9.17) is 9.47 Å². The lowest BCUT2D eigenvalue weighted by atomic mass is 10.0. The predicted octanol–water partition coefficient (Wildman–Crippen LogP) is 2.60. The van der Waals surface area contributed by atoms with Crippen molar-refractivity contribution in [3.05, 3.63) is 0 Å². The van der Waals surface area contributed by atoms with Gasteiger partial charge in [-0.15, -0.1) is 0 Å². The van der Waals surface area contributed by atoms with E-state index in [0.717, 1.165) is 26.0 Å². The summed E-state index contributed by atoms with van der Waals surface area (Å²) in [7, 11) is 3.55. The summed E-state index contributed by atoms with van der Waals surface area (Å²) in [5.41, 5.74) is 0. The van der Waals surface area contributed by atoms with Crippen LogP contribution in [-0.4, -0.2) is 39.5 Å². The zero-order valence-corrected chi connectivity index (χ0v) is 11.4. The Hall–Kier alpha value is -0.120. The van der Waals surface area contributed by atoms with Gasteiger partial charge in [0.05, 0.1) is 6.10 Å². The molecule has 0 rings (SSSR count). The van der Waals surface area contributed by atoms with Crippen molar-refractivity contribution in [1.82, 2.24) is 5.32 Å². The van der Waals surface area contributed by atoms with E-state index in [1.807, 2.05) is 0 Å². The van der Waals surface area contributed by atoms with Crippen molar-refractivity contribution in [3.8, 4) is 0 Å². The van der Waals surface area contributed by atoms with Crippen molar-refractivity contribution < 1.29 is 9.47 Å². The molecule has 1 N–H and O–H groups in total. The van der Waals surface area contributed by atoms with Crippen LogP contribution in [0.15, 0.2) is 0 Å². The summed E-state index contributed by atoms with van der Waals surface area (Å²) in [5, 5.41) is 3.60. The van der Waals surface area contributed by atoms with Crippen LogP contribution in [0, 0.1) is 0 Å². The Morgan fingerprint density at radius 2 is 1.88 bits per heavy atom. The molecule has 0 saturated carbocycles. The molecule has 0 fully saturated rings. The molecule has 98 valence electrons. The molecule has 0 bridgehead atoms. The van der Waals surface area contributed by atoms with Crippen LogP contribution >= 0.6 is 0 Å². The second-order valence-electron chi connectivity index (χ2n) is 4.41. The second kappa shape index (κ2) is 11.4. The number of hydrogen-bond donors (Lipinski definition) is 1. The fraction of sp³-hybridized carbons (Fsp3) is 1.00. The summed E-state index contributed by atoms with van der Waals surface area (Å²) >= 11 is 0. The molecule has 0 saturated heterocycles. The molecule has 0 aliphatic heterocycles. The van der Waals surface area contributed by atoms with Crippen LogP contribution in [-0.2, 0) is 9.47 Å². The molecular formula is C13H29NO2. The zero-order chi connectivity index (χ0) is 12.2. The monoisotopic (exact) mass is 231 g/mol. The fourth-order valence-corrected chi connectivity index (χ4v) is 1.72. The Morgan fingerprint density at radius 3 is 2.44 bits per heavy atom. The van der Waals surface area contributed by atoms with Crippen LogP contribution in [0.1, 0.15) is 46.0 Å². The molecule has 3 heteroatoms. The zero-order valence-electron chi connectivity index (χ0n) is 11.4. The standard InChI is InChI=1S/C13H29NO2/c1-5-10-14-13(7-6-11-15-3)9-8-12(2)16-4/h12-14H,5-11H2,1-4H3. The first-order valence-electron chi connectivity index (χ1n) is 6.49. The van der Waals surface area contributed by atoms with Crippen molar-refractivity contribution in [2.45, 2.75) is 58.1 Å². The largest absolute Gasteiger partial charge is 0.385 e. The molecule has 2 unspecified atom stereocenters. The van der Waals surface area contributed by atoms with Crippen molar-refractivity contribution in [2.75, 3.05) is 27.4 Å². The normalized spacial score (nSPS) is 15.0. The Bertz CT molecular complexity index is 142. The number of ether oxygens (including phenoxy) is 2. The Morgan fingerprint density at radius 1 is 1.12 bits per heavy atom. The minimum Gasteiger partial charge on any atom is -0.385 e. The third-order valence-corrected chi connectivity index (χ3v) is 2.91. The SMILES string of the molecule is CCCNC(CCCOC)CCC(C)OC. The first-order valence-corrected chi connectivity index (χ1v) is 6.49. The molecule has 2 atom stereocenters. The van der Waals surface area contributed by atoms with E-state index in [-0.39, 0.29) is 0 Å². The van der Waals surface area contributed by atoms with Crippen LogP contribution in [0.3, 0.4) is 0 Å². The topological polar surface area (TPSA) is 30.5 Å². The lowest BCUT2D eigenvalue weighted by molar-refractivity contribution is 0.105. The van der Waals surface area contributed by atoms with Gasteiger partial charge in [0.15, 0.2) is 0 Å². The van der Waals surface area contributed by atoms with E-state index in [0.29, 0.717) is 12.1 Å². The number of rotatable bonds is 11. The molecule has 0 spiro atoms. The van der Waals surface area contributed by atoms with Gasteiger partial charge < -0.3 is 14.8 Å². The summed E-state index contributed by atoms with van der Waals surface area (Å²) < 4.78 is 10.4. The first-order chi connectivity index (χ1) is 7.74. The number of hydrogen-bond acceptors (Lipinski definition) is 3. The molecule has 0 aromatic carbocycles. The average Bonchev–Trinajstić information content (AvgIpc) is 2.31. The molecule has 0 aromatic rings. The summed E-state index contributed by atoms with van der Waals surface area (Å²) in [6.45, 7) is 6.31. The Labute approximate surface area is 101 Å². The van der Waals surface area contributed by atoms with Gasteiger partial charge in [0.25, 0.3) is 0 Å². The lowest BCUT2D eigenvalue weighted by Gasteiger charge is -2.20. The molecule has 16 heavy (non-hydrogen) atoms. The van der Waals surface area contributed by atoms with Crippen LogP contribution in [0.4, 0.5) is 0 Å². The van der Waals surface area contributed by atoms with Crippen molar-refractivity contribution >= 4 is 0 Å². The molecule has 0 radical (unpaired) electrons. The van der Waals surface area contributed by atoms with Gasteiger partial charge in [-0.3, -0.25) is 0 Å². The van der Waals surface area contributed by atoms with Crippen LogP contribution in [0.2, 0.25) is 0 Å². The number of methoxy groups -OCH3 is 2. The highest BCUT2D eigenvalue weighted by molar-refractivity contribution is 4.68. The lowest BCUT2D eigenvalue weighted by Crippen LogP contribution is -2.31. The smallest absolute Gasteiger partial charge is 0.0543 e. The molecule has 0 aliphatic rings. The van der Waals surface area contributed by atoms with Gasteiger partial charge in [0.2, 0.25) is 0 Å². The quantitative estimate of drug-likeness (QED) is 0.554. The van der Waals surface area contributed by atoms with E-state index in [1.54, 1.807) is 14.2 Å². The number of nitrogens with one attached hydrogen (secondary N) is 1. The van der Waals surface area contributed by atoms with E-state index >= 15 is 0 Å². The van der Waals surface area contributed by atoms with Gasteiger partial charge in [0.1, 0.15) is 0 Å². The fourth-order valence-electron chi connectivity index (χ4n) is 1.72. The van der Waals surface area contributed by atoms with Crippen LogP contribution in [0.5, 0.6) is 0 Å². The maximum atomic E-state index is 5.28. The third kappa shape index (κ3) is 9.13. The highest BCUT2D eigenvalue weighted by Gasteiger charge is 2.09. The van der Waals surface area contributed by atoms with Crippen LogP contribution in [0.25, 0.3) is 0 Å². The minimum absolute atomic E-state index is 0.369. The van der Waals surface area contributed by atoms with Crippen molar-refractivity contribution in [2.24, 2.45) is 0 Å². The molecule has 0 aromatic heterocycles. The maximum absolute atomic E-state index is 5.28. The molecular weight excluding hydrogens is 202 g/mol. The van der Waals surface area contributed by atoms with Gasteiger partial charge in [-0.25, -0.2) is 0 Å².